The second-order valence-electron chi connectivity index (χ2n) is 5.80. The topological polar surface area (TPSA) is 72.0 Å². The molecule has 0 unspecified atom stereocenters. The summed E-state index contributed by atoms with van der Waals surface area (Å²) in [6.07, 6.45) is 2.43. The van der Waals surface area contributed by atoms with Crippen molar-refractivity contribution in [3.63, 3.8) is 0 Å². The fraction of sp³-hybridized carbons (Fsp3) is 0.211. The van der Waals surface area contributed by atoms with Gasteiger partial charge in [0.25, 0.3) is 0 Å². The summed E-state index contributed by atoms with van der Waals surface area (Å²) in [7, 11) is 1.63. The van der Waals surface area contributed by atoms with E-state index in [1.54, 1.807) is 13.3 Å². The minimum Gasteiger partial charge on any atom is -0.495 e. The number of anilines is 3. The first-order chi connectivity index (χ1) is 12.6. The fourth-order valence-electron chi connectivity index (χ4n) is 2.51. The van der Waals surface area contributed by atoms with E-state index in [2.05, 4.69) is 25.8 Å². The zero-order chi connectivity index (χ0) is 18.4. The maximum atomic E-state index is 6.00. The monoisotopic (exact) mass is 369 g/mol. The molecule has 6 nitrogen and oxygen atoms in total. The van der Waals surface area contributed by atoms with Gasteiger partial charge in [0.1, 0.15) is 5.75 Å². The van der Waals surface area contributed by atoms with Crippen LogP contribution in [-0.4, -0.2) is 28.8 Å². The number of nitrogens with one attached hydrogen (secondary N) is 2. The lowest BCUT2D eigenvalue weighted by Gasteiger charge is -2.11. The van der Waals surface area contributed by atoms with E-state index in [0.717, 1.165) is 34.0 Å². The van der Waals surface area contributed by atoms with Crippen molar-refractivity contribution in [1.29, 1.82) is 0 Å². The molecular weight excluding hydrogens is 350 g/mol. The normalized spacial score (nSPS) is 10.4. The summed E-state index contributed by atoms with van der Waals surface area (Å²) in [5.74, 6) is 1.77. The van der Waals surface area contributed by atoms with Crippen molar-refractivity contribution in [2.24, 2.45) is 0 Å². The van der Waals surface area contributed by atoms with Crippen LogP contribution < -0.4 is 15.4 Å². The second-order valence-corrected chi connectivity index (χ2v) is 6.24. The first-order valence-electron chi connectivity index (χ1n) is 8.24. The number of halogens is 1. The van der Waals surface area contributed by atoms with E-state index < -0.39 is 0 Å². The van der Waals surface area contributed by atoms with Crippen molar-refractivity contribution < 1.29 is 4.74 Å². The van der Waals surface area contributed by atoms with Crippen molar-refractivity contribution >= 4 is 29.1 Å². The van der Waals surface area contributed by atoms with Gasteiger partial charge in [-0.25, -0.2) is 0 Å². The average Bonchev–Trinajstić information content (AvgIpc) is 2.62. The summed E-state index contributed by atoms with van der Waals surface area (Å²) in [5, 5.41) is 15.2. The van der Waals surface area contributed by atoms with Crippen LogP contribution in [0.3, 0.4) is 0 Å². The lowest BCUT2D eigenvalue weighted by atomic mass is 10.1. The van der Waals surface area contributed by atoms with Crippen LogP contribution in [0.5, 0.6) is 5.75 Å². The Morgan fingerprint density at radius 3 is 2.85 bits per heavy atom. The third-order valence-corrected chi connectivity index (χ3v) is 4.00. The molecule has 0 aliphatic rings. The molecule has 7 heteroatoms. The smallest absolute Gasteiger partial charge is 0.249 e. The van der Waals surface area contributed by atoms with Gasteiger partial charge < -0.3 is 15.4 Å². The Morgan fingerprint density at radius 2 is 2.04 bits per heavy atom. The average molecular weight is 370 g/mol. The summed E-state index contributed by atoms with van der Waals surface area (Å²) < 4.78 is 5.36. The zero-order valence-electron chi connectivity index (χ0n) is 14.7. The molecule has 0 spiro atoms. The van der Waals surface area contributed by atoms with Gasteiger partial charge in [-0.3, -0.25) is 0 Å². The number of methoxy groups -OCH3 is 1. The SMILES string of the molecule is COc1ccc(C)cc1Nc1nncc(NCCc2cccc(Cl)c2)n1. The molecule has 2 aromatic carbocycles. The van der Waals surface area contributed by atoms with Gasteiger partial charge in [0, 0.05) is 11.6 Å². The Hall–Kier alpha value is -2.86. The molecule has 0 atom stereocenters. The summed E-state index contributed by atoms with van der Waals surface area (Å²) in [4.78, 5) is 4.44. The van der Waals surface area contributed by atoms with Crippen molar-refractivity contribution in [1.82, 2.24) is 15.2 Å². The number of benzene rings is 2. The lowest BCUT2D eigenvalue weighted by Crippen LogP contribution is -2.09. The van der Waals surface area contributed by atoms with Gasteiger partial charge >= 0.3 is 0 Å². The Balaban J connectivity index is 1.64. The van der Waals surface area contributed by atoms with E-state index in [9.17, 15) is 0 Å². The molecule has 0 fully saturated rings. The van der Waals surface area contributed by atoms with Gasteiger partial charge in [0.2, 0.25) is 5.95 Å². The van der Waals surface area contributed by atoms with E-state index >= 15 is 0 Å². The van der Waals surface area contributed by atoms with E-state index in [0.29, 0.717) is 18.3 Å². The highest BCUT2D eigenvalue weighted by atomic mass is 35.5. The molecule has 3 aromatic rings. The third kappa shape index (κ3) is 4.83. The maximum absolute atomic E-state index is 6.00. The minimum atomic E-state index is 0.404. The van der Waals surface area contributed by atoms with E-state index in [4.69, 9.17) is 16.3 Å². The molecule has 1 aromatic heterocycles. The third-order valence-electron chi connectivity index (χ3n) is 3.77. The molecule has 0 bridgehead atoms. The van der Waals surface area contributed by atoms with Gasteiger partial charge in [0.15, 0.2) is 5.82 Å². The number of ether oxygens (including phenoxy) is 1. The van der Waals surface area contributed by atoms with Crippen LogP contribution in [0.1, 0.15) is 11.1 Å². The van der Waals surface area contributed by atoms with Crippen LogP contribution in [0, 0.1) is 6.92 Å². The molecule has 1 heterocycles. The van der Waals surface area contributed by atoms with E-state index in [-0.39, 0.29) is 0 Å². The number of rotatable bonds is 7. The minimum absolute atomic E-state index is 0.404. The van der Waals surface area contributed by atoms with Crippen LogP contribution in [0.25, 0.3) is 0 Å². The Labute approximate surface area is 157 Å². The van der Waals surface area contributed by atoms with Gasteiger partial charge in [-0.05, 0) is 48.7 Å². The quantitative estimate of drug-likeness (QED) is 0.649. The number of hydrogen-bond donors (Lipinski definition) is 2. The van der Waals surface area contributed by atoms with Crippen molar-refractivity contribution in [3.05, 3.63) is 64.8 Å². The Morgan fingerprint density at radius 1 is 1.15 bits per heavy atom. The van der Waals surface area contributed by atoms with Gasteiger partial charge in [-0.2, -0.15) is 10.1 Å². The summed E-state index contributed by atoms with van der Waals surface area (Å²) in [6, 6.07) is 13.7. The summed E-state index contributed by atoms with van der Waals surface area (Å²) in [5.41, 5.74) is 3.07. The van der Waals surface area contributed by atoms with Gasteiger partial charge in [0.05, 0.1) is 19.0 Å². The fourth-order valence-corrected chi connectivity index (χ4v) is 2.72. The highest BCUT2D eigenvalue weighted by molar-refractivity contribution is 6.30. The maximum Gasteiger partial charge on any atom is 0.249 e. The second kappa shape index (κ2) is 8.49. The molecule has 134 valence electrons. The molecule has 0 aliphatic heterocycles. The molecule has 26 heavy (non-hydrogen) atoms. The lowest BCUT2D eigenvalue weighted by molar-refractivity contribution is 0.416. The predicted molar refractivity (Wildman–Crippen MR) is 104 cm³/mol. The molecular formula is C19H20ClN5O. The van der Waals surface area contributed by atoms with Gasteiger partial charge in [-0.1, -0.05) is 29.8 Å². The molecule has 0 radical (unpaired) electrons. The number of aromatic nitrogens is 3. The predicted octanol–water partition coefficient (Wildman–Crippen LogP) is 4.24. The van der Waals surface area contributed by atoms with Crippen molar-refractivity contribution in [2.45, 2.75) is 13.3 Å². The Kier molecular flexibility index (Phi) is 5.86. The first-order valence-corrected chi connectivity index (χ1v) is 8.61. The van der Waals surface area contributed by atoms with Crippen molar-refractivity contribution in [3.8, 4) is 5.75 Å². The summed E-state index contributed by atoms with van der Waals surface area (Å²) >= 11 is 6.00. The van der Waals surface area contributed by atoms with E-state index in [1.807, 2.05) is 49.4 Å². The number of aryl methyl sites for hydroxylation is 1. The molecule has 0 amide bonds. The largest absolute Gasteiger partial charge is 0.495 e. The van der Waals surface area contributed by atoms with Crippen LogP contribution in [0.15, 0.2) is 48.7 Å². The standard InChI is InChI=1S/C19H20ClN5O/c1-13-6-7-17(26-2)16(10-13)23-19-24-18(12-22-25-19)21-9-8-14-4-3-5-15(20)11-14/h3-7,10-12H,8-9H2,1-2H3,(H2,21,23,24,25). The van der Waals surface area contributed by atoms with Crippen LogP contribution >= 0.6 is 11.6 Å². The molecule has 2 N–H and O–H groups in total. The highest BCUT2D eigenvalue weighted by Crippen LogP contribution is 2.27. The van der Waals surface area contributed by atoms with Crippen molar-refractivity contribution in [2.75, 3.05) is 24.3 Å². The van der Waals surface area contributed by atoms with Gasteiger partial charge in [-0.15, -0.1) is 5.10 Å². The molecule has 0 saturated carbocycles. The van der Waals surface area contributed by atoms with E-state index in [1.165, 1.54) is 0 Å². The Bertz CT molecular complexity index is 887. The number of hydrogen-bond acceptors (Lipinski definition) is 6. The molecule has 0 saturated heterocycles. The van der Waals surface area contributed by atoms with Crippen LogP contribution in [0.2, 0.25) is 5.02 Å². The molecule has 3 rings (SSSR count). The molecule has 0 aliphatic carbocycles. The van der Waals surface area contributed by atoms with Crippen LogP contribution in [-0.2, 0) is 6.42 Å². The highest BCUT2D eigenvalue weighted by Gasteiger charge is 2.07. The van der Waals surface area contributed by atoms with Crippen LogP contribution in [0.4, 0.5) is 17.5 Å². The first kappa shape index (κ1) is 17.9. The summed E-state index contributed by atoms with van der Waals surface area (Å²) in [6.45, 7) is 2.73. The number of nitrogens with zero attached hydrogens (tertiary/aromatic N) is 3. The zero-order valence-corrected chi connectivity index (χ0v) is 15.4.